The summed E-state index contributed by atoms with van der Waals surface area (Å²) < 4.78 is 5.26. The molecule has 1 atom stereocenters. The van der Waals surface area contributed by atoms with Crippen molar-refractivity contribution in [2.75, 3.05) is 26.7 Å². The van der Waals surface area contributed by atoms with Gasteiger partial charge in [0, 0.05) is 26.7 Å². The molecule has 1 aromatic carbocycles. The van der Waals surface area contributed by atoms with Crippen LogP contribution in [0.2, 0.25) is 0 Å². The second-order valence-electron chi connectivity index (χ2n) is 4.21. The van der Waals surface area contributed by atoms with E-state index < -0.39 is 12.1 Å². The van der Waals surface area contributed by atoms with Gasteiger partial charge in [-0.05, 0) is 12.1 Å². The lowest BCUT2D eigenvalue weighted by Crippen LogP contribution is -2.59. The molecule has 0 aromatic heterocycles. The van der Waals surface area contributed by atoms with Crippen molar-refractivity contribution in [2.24, 2.45) is 0 Å². The second kappa shape index (κ2) is 6.19. The van der Waals surface area contributed by atoms with Crippen molar-refractivity contribution in [1.29, 1.82) is 0 Å². The van der Waals surface area contributed by atoms with Crippen LogP contribution in [-0.2, 0) is 4.79 Å². The highest BCUT2D eigenvalue weighted by atomic mass is 16.6. The van der Waals surface area contributed by atoms with E-state index in [0.717, 1.165) is 0 Å². The first-order valence-electron chi connectivity index (χ1n) is 6.18. The summed E-state index contributed by atoms with van der Waals surface area (Å²) in [6, 6.07) is 8.29. The van der Waals surface area contributed by atoms with Crippen molar-refractivity contribution >= 4 is 12.0 Å². The Bertz CT molecular complexity index is 450. The van der Waals surface area contributed by atoms with Gasteiger partial charge in [-0.3, -0.25) is 9.69 Å². The third kappa shape index (κ3) is 3.23. The summed E-state index contributed by atoms with van der Waals surface area (Å²) in [5.41, 5.74) is 0. The fraction of sp³-hybridized carbons (Fsp3) is 0.385. The van der Waals surface area contributed by atoms with Crippen LogP contribution < -0.4 is 15.4 Å². The molecule has 19 heavy (non-hydrogen) atoms. The number of ether oxygens (including phenoxy) is 1. The van der Waals surface area contributed by atoms with Crippen molar-refractivity contribution in [3.05, 3.63) is 30.3 Å². The summed E-state index contributed by atoms with van der Waals surface area (Å²) in [6.45, 7) is 1.53. The Labute approximate surface area is 111 Å². The van der Waals surface area contributed by atoms with Crippen LogP contribution in [-0.4, -0.2) is 49.6 Å². The molecule has 1 unspecified atom stereocenters. The van der Waals surface area contributed by atoms with E-state index in [9.17, 15) is 9.59 Å². The summed E-state index contributed by atoms with van der Waals surface area (Å²) in [5.74, 6) is 0.277. The summed E-state index contributed by atoms with van der Waals surface area (Å²) >= 11 is 0. The van der Waals surface area contributed by atoms with E-state index in [1.807, 2.05) is 6.07 Å². The molecular formula is C13H17N3O3. The van der Waals surface area contributed by atoms with Gasteiger partial charge in [0.05, 0.1) is 0 Å². The average molecular weight is 263 g/mol. The van der Waals surface area contributed by atoms with Gasteiger partial charge < -0.3 is 15.4 Å². The van der Waals surface area contributed by atoms with Crippen molar-refractivity contribution in [3.8, 4) is 5.75 Å². The number of piperazine rings is 1. The number of amides is 2. The van der Waals surface area contributed by atoms with Gasteiger partial charge in [-0.2, -0.15) is 0 Å². The normalized spacial score (nSPS) is 18.8. The Morgan fingerprint density at radius 1 is 1.37 bits per heavy atom. The lowest BCUT2D eigenvalue weighted by Gasteiger charge is -2.33. The highest BCUT2D eigenvalue weighted by Gasteiger charge is 2.32. The van der Waals surface area contributed by atoms with Gasteiger partial charge in [0.25, 0.3) is 0 Å². The molecule has 1 heterocycles. The maximum absolute atomic E-state index is 12.1. The molecule has 0 bridgehead atoms. The summed E-state index contributed by atoms with van der Waals surface area (Å²) in [6.07, 6.45) is -0.499. The van der Waals surface area contributed by atoms with Crippen molar-refractivity contribution < 1.29 is 14.3 Å². The number of hydrogen-bond donors (Lipinski definition) is 2. The predicted octanol–water partition coefficient (Wildman–Crippen LogP) is 0.205. The van der Waals surface area contributed by atoms with Crippen LogP contribution in [0.3, 0.4) is 0 Å². The molecule has 2 N–H and O–H groups in total. The largest absolute Gasteiger partial charge is 0.416 e. The molecule has 1 fully saturated rings. The first kappa shape index (κ1) is 13.4. The lowest BCUT2D eigenvalue weighted by atomic mass is 10.2. The van der Waals surface area contributed by atoms with Crippen molar-refractivity contribution in [3.63, 3.8) is 0 Å². The molecule has 1 aromatic rings. The Morgan fingerprint density at radius 3 is 2.79 bits per heavy atom. The predicted molar refractivity (Wildman–Crippen MR) is 69.9 cm³/mol. The van der Waals surface area contributed by atoms with Crippen molar-refractivity contribution in [2.45, 2.75) is 6.04 Å². The SMILES string of the molecule is CNC(=O)C1CNCCN1C(=O)Oc1ccccc1. The fourth-order valence-corrected chi connectivity index (χ4v) is 1.97. The molecule has 6 nitrogen and oxygen atoms in total. The zero-order valence-electron chi connectivity index (χ0n) is 10.8. The topological polar surface area (TPSA) is 70.7 Å². The standard InChI is InChI=1S/C13H17N3O3/c1-14-12(17)11-9-15-7-8-16(11)13(18)19-10-5-3-2-4-6-10/h2-6,11,15H,7-9H2,1H3,(H,14,17). The van der Waals surface area contributed by atoms with Gasteiger partial charge in [0.1, 0.15) is 11.8 Å². The van der Waals surface area contributed by atoms with Crippen LogP contribution in [0.4, 0.5) is 4.79 Å². The smallest absolute Gasteiger partial charge is 0.410 e. The minimum atomic E-state index is -0.532. The van der Waals surface area contributed by atoms with E-state index in [1.165, 1.54) is 4.90 Å². The van der Waals surface area contributed by atoms with Gasteiger partial charge in [-0.25, -0.2) is 4.79 Å². The zero-order valence-corrected chi connectivity index (χ0v) is 10.8. The molecule has 2 amide bonds. The lowest BCUT2D eigenvalue weighted by molar-refractivity contribution is -0.125. The molecule has 6 heteroatoms. The molecule has 1 aliphatic rings. The monoisotopic (exact) mass is 263 g/mol. The van der Waals surface area contributed by atoms with Crippen LogP contribution in [0, 0.1) is 0 Å². The van der Waals surface area contributed by atoms with Gasteiger partial charge in [-0.15, -0.1) is 0 Å². The van der Waals surface area contributed by atoms with E-state index in [0.29, 0.717) is 25.4 Å². The number of carbonyl (C=O) groups is 2. The van der Waals surface area contributed by atoms with E-state index in [1.54, 1.807) is 31.3 Å². The number of para-hydroxylation sites is 1. The minimum Gasteiger partial charge on any atom is -0.410 e. The maximum Gasteiger partial charge on any atom is 0.416 e. The molecule has 102 valence electrons. The van der Waals surface area contributed by atoms with E-state index in [2.05, 4.69) is 10.6 Å². The number of benzene rings is 1. The fourth-order valence-electron chi connectivity index (χ4n) is 1.97. The van der Waals surface area contributed by atoms with Crippen molar-refractivity contribution in [1.82, 2.24) is 15.5 Å². The van der Waals surface area contributed by atoms with Gasteiger partial charge in [-0.1, -0.05) is 18.2 Å². The third-order valence-corrected chi connectivity index (χ3v) is 2.98. The number of nitrogens with one attached hydrogen (secondary N) is 2. The second-order valence-corrected chi connectivity index (χ2v) is 4.21. The number of hydrogen-bond acceptors (Lipinski definition) is 4. The Kier molecular flexibility index (Phi) is 4.35. The first-order valence-corrected chi connectivity index (χ1v) is 6.18. The van der Waals surface area contributed by atoms with Gasteiger partial charge >= 0.3 is 6.09 Å². The maximum atomic E-state index is 12.1. The number of carbonyl (C=O) groups excluding carboxylic acids is 2. The molecule has 1 saturated heterocycles. The summed E-state index contributed by atoms with van der Waals surface area (Å²) in [4.78, 5) is 25.3. The molecule has 0 radical (unpaired) electrons. The van der Waals surface area contributed by atoms with Crippen LogP contribution in [0.15, 0.2) is 30.3 Å². The Balaban J connectivity index is 2.05. The summed E-state index contributed by atoms with van der Waals surface area (Å²) in [5, 5.41) is 5.64. The number of rotatable bonds is 2. The molecule has 0 spiro atoms. The van der Waals surface area contributed by atoms with E-state index in [4.69, 9.17) is 4.74 Å². The average Bonchev–Trinajstić information content (AvgIpc) is 2.47. The number of likely N-dealkylation sites (N-methyl/N-ethyl adjacent to an activating group) is 1. The van der Waals surface area contributed by atoms with Gasteiger partial charge in [0.2, 0.25) is 5.91 Å². The van der Waals surface area contributed by atoms with Crippen LogP contribution >= 0.6 is 0 Å². The molecule has 0 aliphatic carbocycles. The van der Waals surface area contributed by atoms with E-state index >= 15 is 0 Å². The zero-order chi connectivity index (χ0) is 13.7. The Morgan fingerprint density at radius 2 is 2.11 bits per heavy atom. The van der Waals surface area contributed by atoms with Crippen LogP contribution in [0.1, 0.15) is 0 Å². The first-order chi connectivity index (χ1) is 9.22. The quantitative estimate of drug-likeness (QED) is 0.800. The molecule has 2 rings (SSSR count). The molecule has 1 aliphatic heterocycles. The highest BCUT2D eigenvalue weighted by Crippen LogP contribution is 2.12. The number of nitrogens with zero attached hydrogens (tertiary/aromatic N) is 1. The minimum absolute atomic E-state index is 0.197. The van der Waals surface area contributed by atoms with E-state index in [-0.39, 0.29) is 5.91 Å². The molecule has 0 saturated carbocycles. The summed E-state index contributed by atoms with van der Waals surface area (Å²) in [7, 11) is 1.55. The highest BCUT2D eigenvalue weighted by molar-refractivity contribution is 5.86. The van der Waals surface area contributed by atoms with Gasteiger partial charge in [0.15, 0.2) is 0 Å². The molecular weight excluding hydrogens is 246 g/mol. The van der Waals surface area contributed by atoms with Crippen LogP contribution in [0.25, 0.3) is 0 Å². The third-order valence-electron chi connectivity index (χ3n) is 2.98. The van der Waals surface area contributed by atoms with Crippen LogP contribution in [0.5, 0.6) is 5.75 Å². The Hall–Kier alpha value is -2.08.